The maximum atomic E-state index is 5.90. The van der Waals surface area contributed by atoms with Gasteiger partial charge in [-0.05, 0) is 37.5 Å². The van der Waals surface area contributed by atoms with Crippen molar-refractivity contribution in [2.45, 2.75) is 25.8 Å². The second-order valence-electron chi connectivity index (χ2n) is 4.72. The minimum Gasteiger partial charge on any atom is -0.385 e. The summed E-state index contributed by atoms with van der Waals surface area (Å²) in [6, 6.07) is 6.56. The van der Waals surface area contributed by atoms with E-state index in [9.17, 15) is 0 Å². The van der Waals surface area contributed by atoms with Crippen LogP contribution >= 0.6 is 15.9 Å². The molecule has 18 heavy (non-hydrogen) atoms. The molecule has 0 spiro atoms. The van der Waals surface area contributed by atoms with Crippen molar-refractivity contribution in [2.24, 2.45) is 5.73 Å². The maximum absolute atomic E-state index is 5.90. The zero-order chi connectivity index (χ0) is 13.5. The molecule has 1 rings (SSSR count). The van der Waals surface area contributed by atoms with Gasteiger partial charge in [0.2, 0.25) is 0 Å². The first kappa shape index (κ1) is 15.5. The predicted octanol–water partition coefficient (Wildman–Crippen LogP) is 2.81. The molecule has 0 aliphatic rings. The molecule has 102 valence electrons. The van der Waals surface area contributed by atoms with E-state index in [0.29, 0.717) is 0 Å². The van der Waals surface area contributed by atoms with Crippen LogP contribution in [0.25, 0.3) is 0 Å². The first-order chi connectivity index (χ1) is 8.54. The van der Waals surface area contributed by atoms with Crippen molar-refractivity contribution in [2.75, 3.05) is 32.2 Å². The Balaban J connectivity index is 2.79. The Morgan fingerprint density at radius 1 is 1.44 bits per heavy atom. The Bertz CT molecular complexity index is 369. The number of halogens is 1. The highest BCUT2D eigenvalue weighted by atomic mass is 79.9. The number of ether oxygens (including phenoxy) is 1. The van der Waals surface area contributed by atoms with Crippen LogP contribution in [0.2, 0.25) is 0 Å². The van der Waals surface area contributed by atoms with Gasteiger partial charge in [0, 0.05) is 43.5 Å². The quantitative estimate of drug-likeness (QED) is 0.786. The van der Waals surface area contributed by atoms with Gasteiger partial charge >= 0.3 is 0 Å². The fraction of sp³-hybridized carbons (Fsp3) is 0.571. The first-order valence-corrected chi connectivity index (χ1v) is 7.08. The van der Waals surface area contributed by atoms with Crippen molar-refractivity contribution in [1.29, 1.82) is 0 Å². The third-order valence-electron chi connectivity index (χ3n) is 2.84. The van der Waals surface area contributed by atoms with Gasteiger partial charge in [-0.25, -0.2) is 0 Å². The van der Waals surface area contributed by atoms with Crippen molar-refractivity contribution in [1.82, 2.24) is 0 Å². The van der Waals surface area contributed by atoms with Gasteiger partial charge < -0.3 is 15.4 Å². The maximum Gasteiger partial charge on any atom is 0.0479 e. The van der Waals surface area contributed by atoms with E-state index in [1.165, 1.54) is 11.3 Å². The minimum atomic E-state index is 0.178. The van der Waals surface area contributed by atoms with Crippen molar-refractivity contribution >= 4 is 21.6 Å². The van der Waals surface area contributed by atoms with Gasteiger partial charge in [0.15, 0.2) is 0 Å². The lowest BCUT2D eigenvalue weighted by atomic mass is 10.0. The zero-order valence-electron chi connectivity index (χ0n) is 11.4. The minimum absolute atomic E-state index is 0.178. The Labute approximate surface area is 118 Å². The summed E-state index contributed by atoms with van der Waals surface area (Å²) in [6.45, 7) is 3.81. The summed E-state index contributed by atoms with van der Waals surface area (Å²) in [5.74, 6) is 0. The molecule has 1 aromatic carbocycles. The molecule has 0 amide bonds. The molecule has 2 N–H and O–H groups in total. The van der Waals surface area contributed by atoms with Crippen LogP contribution in [0.15, 0.2) is 22.7 Å². The van der Waals surface area contributed by atoms with Crippen LogP contribution in [0.4, 0.5) is 5.69 Å². The van der Waals surface area contributed by atoms with Crippen molar-refractivity contribution < 1.29 is 4.74 Å². The summed E-state index contributed by atoms with van der Waals surface area (Å²) < 4.78 is 6.19. The lowest BCUT2D eigenvalue weighted by Gasteiger charge is -2.23. The Hall–Kier alpha value is -0.580. The molecule has 0 aliphatic heterocycles. The van der Waals surface area contributed by atoms with Gasteiger partial charge in [0.05, 0.1) is 0 Å². The summed E-state index contributed by atoms with van der Waals surface area (Å²) >= 11 is 3.53. The molecule has 1 aromatic rings. The summed E-state index contributed by atoms with van der Waals surface area (Å²) in [5.41, 5.74) is 8.45. The highest BCUT2D eigenvalue weighted by Gasteiger charge is 2.09. The van der Waals surface area contributed by atoms with E-state index in [-0.39, 0.29) is 6.04 Å². The number of rotatable bonds is 7. The average Bonchev–Trinajstić information content (AvgIpc) is 2.31. The lowest BCUT2D eigenvalue weighted by molar-refractivity contribution is 0.196. The fourth-order valence-corrected chi connectivity index (χ4v) is 2.33. The van der Waals surface area contributed by atoms with Crippen molar-refractivity contribution in [3.63, 3.8) is 0 Å². The molecule has 0 bridgehead atoms. The first-order valence-electron chi connectivity index (χ1n) is 6.28. The second kappa shape index (κ2) is 7.77. The van der Waals surface area contributed by atoms with Gasteiger partial charge in [0.1, 0.15) is 0 Å². The lowest BCUT2D eigenvalue weighted by Crippen LogP contribution is -2.24. The second-order valence-corrected chi connectivity index (χ2v) is 5.64. The number of benzene rings is 1. The number of anilines is 1. The van der Waals surface area contributed by atoms with Crippen LogP contribution in [-0.2, 0) is 11.2 Å². The third-order valence-corrected chi connectivity index (χ3v) is 3.34. The van der Waals surface area contributed by atoms with Crippen LogP contribution in [-0.4, -0.2) is 33.4 Å². The number of nitrogens with zero attached hydrogens (tertiary/aromatic N) is 1. The van der Waals surface area contributed by atoms with E-state index in [0.717, 1.165) is 30.5 Å². The summed E-state index contributed by atoms with van der Waals surface area (Å²) in [5, 5.41) is 0. The van der Waals surface area contributed by atoms with E-state index in [4.69, 9.17) is 10.5 Å². The SMILES string of the molecule is COCCCN(C)c1cc(Br)ccc1CC(C)N. The van der Waals surface area contributed by atoms with Crippen LogP contribution < -0.4 is 10.6 Å². The third kappa shape index (κ3) is 4.96. The van der Waals surface area contributed by atoms with Crippen LogP contribution in [0, 0.1) is 0 Å². The molecule has 1 atom stereocenters. The summed E-state index contributed by atoms with van der Waals surface area (Å²) in [7, 11) is 3.85. The van der Waals surface area contributed by atoms with Crippen LogP contribution in [0.1, 0.15) is 18.9 Å². The zero-order valence-corrected chi connectivity index (χ0v) is 13.0. The molecule has 0 fully saturated rings. The molecule has 0 heterocycles. The topological polar surface area (TPSA) is 38.5 Å². The molecule has 0 aromatic heterocycles. The molecule has 4 heteroatoms. The number of methoxy groups -OCH3 is 1. The van der Waals surface area contributed by atoms with Gasteiger partial charge in [-0.1, -0.05) is 22.0 Å². The molecule has 0 radical (unpaired) electrons. The normalized spacial score (nSPS) is 12.5. The molecule has 1 unspecified atom stereocenters. The number of nitrogens with two attached hydrogens (primary N) is 1. The Morgan fingerprint density at radius 2 is 2.17 bits per heavy atom. The van der Waals surface area contributed by atoms with Gasteiger partial charge in [-0.2, -0.15) is 0 Å². The Morgan fingerprint density at radius 3 is 2.78 bits per heavy atom. The largest absolute Gasteiger partial charge is 0.385 e. The monoisotopic (exact) mass is 314 g/mol. The molecular formula is C14H23BrN2O. The Kier molecular flexibility index (Phi) is 6.68. The van der Waals surface area contributed by atoms with E-state index in [1.54, 1.807) is 7.11 Å². The molecule has 3 nitrogen and oxygen atoms in total. The summed E-state index contributed by atoms with van der Waals surface area (Å²) in [6.07, 6.45) is 1.92. The van der Waals surface area contributed by atoms with Crippen molar-refractivity contribution in [3.8, 4) is 0 Å². The highest BCUT2D eigenvalue weighted by Crippen LogP contribution is 2.25. The van der Waals surface area contributed by atoms with Gasteiger partial charge in [0.25, 0.3) is 0 Å². The van der Waals surface area contributed by atoms with E-state index in [2.05, 4.69) is 46.1 Å². The van der Waals surface area contributed by atoms with Crippen LogP contribution in [0.3, 0.4) is 0 Å². The molecule has 0 aliphatic carbocycles. The van der Waals surface area contributed by atoms with Gasteiger partial charge in [-0.3, -0.25) is 0 Å². The molecule has 0 saturated carbocycles. The smallest absolute Gasteiger partial charge is 0.0479 e. The van der Waals surface area contributed by atoms with Crippen LogP contribution in [0.5, 0.6) is 0 Å². The number of hydrogen-bond acceptors (Lipinski definition) is 3. The molecule has 0 saturated heterocycles. The van der Waals surface area contributed by atoms with Gasteiger partial charge in [-0.15, -0.1) is 0 Å². The summed E-state index contributed by atoms with van der Waals surface area (Å²) in [4.78, 5) is 2.27. The highest BCUT2D eigenvalue weighted by molar-refractivity contribution is 9.10. The predicted molar refractivity (Wildman–Crippen MR) is 81.3 cm³/mol. The molecular weight excluding hydrogens is 292 g/mol. The fourth-order valence-electron chi connectivity index (χ4n) is 1.98. The average molecular weight is 315 g/mol. The van der Waals surface area contributed by atoms with E-state index < -0.39 is 0 Å². The van der Waals surface area contributed by atoms with E-state index in [1.807, 2.05) is 6.92 Å². The standard InChI is InChI=1S/C14H23BrN2O/c1-11(16)9-12-5-6-13(15)10-14(12)17(2)7-4-8-18-3/h5-6,10-11H,4,7-9,16H2,1-3H3. The van der Waals surface area contributed by atoms with E-state index >= 15 is 0 Å². The van der Waals surface area contributed by atoms with Crippen molar-refractivity contribution in [3.05, 3.63) is 28.2 Å². The number of hydrogen-bond donors (Lipinski definition) is 1.